The third kappa shape index (κ3) is 3.63. The maximum Gasteiger partial charge on any atom is 0.326 e. The highest BCUT2D eigenvalue weighted by molar-refractivity contribution is 6.30. The van der Waals surface area contributed by atoms with Gasteiger partial charge in [0.2, 0.25) is 5.91 Å². The van der Waals surface area contributed by atoms with Crippen molar-refractivity contribution in [2.45, 2.75) is 13.0 Å². The first-order valence-corrected chi connectivity index (χ1v) is 7.70. The maximum absolute atomic E-state index is 11.9. The smallest absolute Gasteiger partial charge is 0.326 e. The number of nitrogens with one attached hydrogen (secondary N) is 2. The fourth-order valence-electron chi connectivity index (χ4n) is 2.49. The number of halogens is 1. The van der Waals surface area contributed by atoms with Crippen molar-refractivity contribution in [1.29, 1.82) is 0 Å². The molecule has 0 aliphatic heterocycles. The Morgan fingerprint density at radius 1 is 1.13 bits per heavy atom. The lowest BCUT2D eigenvalue weighted by Gasteiger charge is -2.06. The second-order valence-electron chi connectivity index (χ2n) is 5.25. The molecule has 0 aliphatic carbocycles. The zero-order valence-corrected chi connectivity index (χ0v) is 13.1. The first-order chi connectivity index (χ1) is 11.1. The van der Waals surface area contributed by atoms with Gasteiger partial charge in [-0.15, -0.1) is 0 Å². The summed E-state index contributed by atoms with van der Waals surface area (Å²) in [5.41, 5.74) is 2.36. The van der Waals surface area contributed by atoms with Gasteiger partial charge in [0.25, 0.3) is 0 Å². The molecule has 3 rings (SSSR count). The number of H-pyrrole nitrogens is 1. The third-order valence-corrected chi connectivity index (χ3v) is 3.87. The van der Waals surface area contributed by atoms with Gasteiger partial charge in [0, 0.05) is 18.1 Å². The van der Waals surface area contributed by atoms with Crippen LogP contribution in [0.5, 0.6) is 0 Å². The highest BCUT2D eigenvalue weighted by Crippen LogP contribution is 2.10. The van der Waals surface area contributed by atoms with Crippen LogP contribution in [0.3, 0.4) is 0 Å². The minimum Gasteiger partial charge on any atom is -0.354 e. The first-order valence-electron chi connectivity index (χ1n) is 7.32. The van der Waals surface area contributed by atoms with Crippen molar-refractivity contribution >= 4 is 28.5 Å². The molecule has 1 heterocycles. The maximum atomic E-state index is 11.9. The number of hydrogen-bond acceptors (Lipinski definition) is 2. The predicted molar refractivity (Wildman–Crippen MR) is 90.7 cm³/mol. The first kappa shape index (κ1) is 15.4. The Bertz CT molecular complexity index is 881. The van der Waals surface area contributed by atoms with E-state index in [9.17, 15) is 9.59 Å². The van der Waals surface area contributed by atoms with Crippen LogP contribution in [0, 0.1) is 0 Å². The average Bonchev–Trinajstić information content (AvgIpc) is 2.86. The van der Waals surface area contributed by atoms with Gasteiger partial charge >= 0.3 is 5.69 Å². The number of carbonyl (C=O) groups is 1. The number of amides is 1. The normalized spacial score (nSPS) is 10.8. The van der Waals surface area contributed by atoms with Crippen molar-refractivity contribution in [3.05, 3.63) is 69.6 Å². The zero-order chi connectivity index (χ0) is 16.2. The molecule has 118 valence electrons. The lowest BCUT2D eigenvalue weighted by atomic mass is 10.1. The number of nitrogens with zero attached hydrogens (tertiary/aromatic N) is 1. The van der Waals surface area contributed by atoms with E-state index in [-0.39, 0.29) is 11.6 Å². The number of benzene rings is 2. The Balaban J connectivity index is 1.58. The summed E-state index contributed by atoms with van der Waals surface area (Å²) in [4.78, 5) is 26.6. The largest absolute Gasteiger partial charge is 0.354 e. The van der Waals surface area contributed by atoms with E-state index in [2.05, 4.69) is 10.3 Å². The summed E-state index contributed by atoms with van der Waals surface area (Å²) >= 11 is 5.82. The Morgan fingerprint density at radius 3 is 2.65 bits per heavy atom. The molecule has 0 atom stereocenters. The summed E-state index contributed by atoms with van der Waals surface area (Å²) in [5.74, 6) is -0.0831. The van der Waals surface area contributed by atoms with Crippen molar-refractivity contribution in [3.8, 4) is 0 Å². The molecule has 23 heavy (non-hydrogen) atoms. The number of imidazole rings is 1. The molecule has 2 aromatic carbocycles. The van der Waals surface area contributed by atoms with Crippen LogP contribution in [0.1, 0.15) is 5.56 Å². The minimum absolute atomic E-state index is 0.0831. The van der Waals surface area contributed by atoms with Gasteiger partial charge in [0.05, 0.1) is 17.5 Å². The molecule has 5 nitrogen and oxygen atoms in total. The van der Waals surface area contributed by atoms with Crippen LogP contribution in [-0.4, -0.2) is 22.0 Å². The molecule has 0 aliphatic rings. The van der Waals surface area contributed by atoms with Gasteiger partial charge in [0.15, 0.2) is 0 Å². The number of para-hydroxylation sites is 2. The molecule has 3 aromatic rings. The van der Waals surface area contributed by atoms with Crippen LogP contribution >= 0.6 is 11.6 Å². The summed E-state index contributed by atoms with van der Waals surface area (Å²) in [6.45, 7) is 0.823. The Kier molecular flexibility index (Phi) is 4.48. The van der Waals surface area contributed by atoms with Gasteiger partial charge in [-0.2, -0.15) is 0 Å². The highest BCUT2D eigenvalue weighted by atomic mass is 35.5. The van der Waals surface area contributed by atoms with E-state index in [1.807, 2.05) is 36.4 Å². The predicted octanol–water partition coefficient (Wildman–Crippen LogP) is 2.34. The molecular weight excluding hydrogens is 314 g/mol. The molecule has 0 radical (unpaired) electrons. The molecule has 1 amide bonds. The SMILES string of the molecule is O=C(Cc1ccc(Cl)cc1)NCCn1c(=O)[nH]c2ccccc21. The Hall–Kier alpha value is -2.53. The van der Waals surface area contributed by atoms with Crippen LogP contribution in [0.2, 0.25) is 5.02 Å². The monoisotopic (exact) mass is 329 g/mol. The molecule has 0 bridgehead atoms. The number of fused-ring (bicyclic) bond motifs is 1. The lowest BCUT2D eigenvalue weighted by molar-refractivity contribution is -0.120. The Labute approximate surface area is 137 Å². The quantitative estimate of drug-likeness (QED) is 0.754. The second kappa shape index (κ2) is 6.71. The van der Waals surface area contributed by atoms with Gasteiger partial charge in [-0.25, -0.2) is 4.79 Å². The molecule has 0 spiro atoms. The van der Waals surface area contributed by atoms with Crippen LogP contribution in [0.25, 0.3) is 11.0 Å². The van der Waals surface area contributed by atoms with E-state index in [0.717, 1.165) is 16.6 Å². The van der Waals surface area contributed by atoms with E-state index in [1.165, 1.54) is 0 Å². The van der Waals surface area contributed by atoms with Crippen LogP contribution in [0.4, 0.5) is 0 Å². The number of aromatic amines is 1. The summed E-state index contributed by atoms with van der Waals surface area (Å²) in [6, 6.07) is 14.7. The highest BCUT2D eigenvalue weighted by Gasteiger charge is 2.07. The van der Waals surface area contributed by atoms with Crippen LogP contribution < -0.4 is 11.0 Å². The van der Waals surface area contributed by atoms with Crippen molar-refractivity contribution in [3.63, 3.8) is 0 Å². The molecule has 0 saturated heterocycles. The summed E-state index contributed by atoms with van der Waals surface area (Å²) < 4.78 is 1.62. The summed E-state index contributed by atoms with van der Waals surface area (Å²) in [5, 5.41) is 3.48. The van der Waals surface area contributed by atoms with Crippen LogP contribution in [-0.2, 0) is 17.8 Å². The third-order valence-electron chi connectivity index (χ3n) is 3.62. The van der Waals surface area contributed by atoms with Crippen molar-refractivity contribution in [1.82, 2.24) is 14.9 Å². The fraction of sp³-hybridized carbons (Fsp3) is 0.176. The molecule has 1 aromatic heterocycles. The fourth-order valence-corrected chi connectivity index (χ4v) is 2.61. The minimum atomic E-state index is -0.168. The topological polar surface area (TPSA) is 66.9 Å². The van der Waals surface area contributed by atoms with E-state index in [0.29, 0.717) is 24.5 Å². The Morgan fingerprint density at radius 2 is 1.87 bits per heavy atom. The summed E-state index contributed by atoms with van der Waals surface area (Å²) in [7, 11) is 0. The van der Waals surface area contributed by atoms with E-state index in [1.54, 1.807) is 16.7 Å². The van der Waals surface area contributed by atoms with Gasteiger partial charge in [-0.05, 0) is 29.8 Å². The van der Waals surface area contributed by atoms with Gasteiger partial charge in [-0.1, -0.05) is 35.9 Å². The summed E-state index contributed by atoms with van der Waals surface area (Å²) in [6.07, 6.45) is 0.292. The molecule has 2 N–H and O–H groups in total. The van der Waals surface area contributed by atoms with E-state index < -0.39 is 0 Å². The zero-order valence-electron chi connectivity index (χ0n) is 12.4. The van der Waals surface area contributed by atoms with E-state index >= 15 is 0 Å². The molecule has 0 unspecified atom stereocenters. The van der Waals surface area contributed by atoms with E-state index in [4.69, 9.17) is 11.6 Å². The number of rotatable bonds is 5. The number of aromatic nitrogens is 2. The second-order valence-corrected chi connectivity index (χ2v) is 5.69. The van der Waals surface area contributed by atoms with Crippen molar-refractivity contribution in [2.24, 2.45) is 0 Å². The number of carbonyl (C=O) groups excluding carboxylic acids is 1. The lowest BCUT2D eigenvalue weighted by Crippen LogP contribution is -2.31. The van der Waals surface area contributed by atoms with Crippen molar-refractivity contribution < 1.29 is 4.79 Å². The molecule has 0 fully saturated rings. The van der Waals surface area contributed by atoms with Gasteiger partial charge in [-0.3, -0.25) is 9.36 Å². The van der Waals surface area contributed by atoms with Gasteiger partial charge in [0.1, 0.15) is 0 Å². The average molecular weight is 330 g/mol. The van der Waals surface area contributed by atoms with Gasteiger partial charge < -0.3 is 10.3 Å². The van der Waals surface area contributed by atoms with Crippen molar-refractivity contribution in [2.75, 3.05) is 6.54 Å². The number of hydrogen-bond donors (Lipinski definition) is 2. The standard InChI is InChI=1S/C17H16ClN3O2/c18-13-7-5-12(6-8-13)11-16(22)19-9-10-21-15-4-2-1-3-14(15)20-17(21)23/h1-8H,9-11H2,(H,19,22)(H,20,23). The molecule has 6 heteroatoms. The molecule has 0 saturated carbocycles. The van der Waals surface area contributed by atoms with Crippen LogP contribution in [0.15, 0.2) is 53.3 Å². The molecular formula is C17H16ClN3O2.